The van der Waals surface area contributed by atoms with Crippen LogP contribution in [0.1, 0.15) is 44.0 Å². The third kappa shape index (κ3) is 4.40. The Balaban J connectivity index is 2.59. The van der Waals surface area contributed by atoms with Crippen LogP contribution in [0.4, 0.5) is 0 Å². The zero-order valence-corrected chi connectivity index (χ0v) is 11.4. The molecule has 0 saturated carbocycles. The normalized spacial score (nSPS) is 11.5. The van der Waals surface area contributed by atoms with Gasteiger partial charge < -0.3 is 0 Å². The summed E-state index contributed by atoms with van der Waals surface area (Å²) < 4.78 is 0. The van der Waals surface area contributed by atoms with Gasteiger partial charge in [-0.25, -0.2) is 0 Å². The summed E-state index contributed by atoms with van der Waals surface area (Å²) in [5.41, 5.74) is 1.07. The Hall–Kier alpha value is -0.760. The first-order chi connectivity index (χ1) is 7.42. The molecule has 0 fully saturated rings. The van der Waals surface area contributed by atoms with Gasteiger partial charge in [0.1, 0.15) is 0 Å². The molecule has 16 heavy (non-hydrogen) atoms. The molecule has 1 nitrogen and oxygen atoms in total. The van der Waals surface area contributed by atoms with Crippen LogP contribution in [0.25, 0.3) is 0 Å². The Bertz CT molecular complexity index is 346. The number of hydrogen-bond acceptors (Lipinski definition) is 2. The summed E-state index contributed by atoms with van der Waals surface area (Å²) in [4.78, 5) is 13.1. The van der Waals surface area contributed by atoms with E-state index in [0.29, 0.717) is 6.42 Å². The van der Waals surface area contributed by atoms with E-state index in [9.17, 15) is 4.79 Å². The van der Waals surface area contributed by atoms with Crippen LogP contribution < -0.4 is 0 Å². The highest BCUT2D eigenvalue weighted by Gasteiger charge is 2.13. The first-order valence-corrected chi connectivity index (χ1v) is 6.82. The van der Waals surface area contributed by atoms with Crippen molar-refractivity contribution in [3.63, 3.8) is 0 Å². The number of hydrogen-bond donors (Lipinski definition) is 0. The maximum Gasteiger partial charge on any atom is 0.162 e. The van der Waals surface area contributed by atoms with Gasteiger partial charge in [0.25, 0.3) is 0 Å². The lowest BCUT2D eigenvalue weighted by atomic mass is 9.88. The lowest BCUT2D eigenvalue weighted by molar-refractivity contribution is 0.0966. The first-order valence-electron chi connectivity index (χ1n) is 5.59. The van der Waals surface area contributed by atoms with Crippen LogP contribution in [0.3, 0.4) is 0 Å². The Kier molecular flexibility index (Phi) is 4.60. The lowest BCUT2D eigenvalue weighted by Crippen LogP contribution is -2.09. The zero-order valence-electron chi connectivity index (χ0n) is 10.5. The van der Waals surface area contributed by atoms with E-state index in [1.54, 1.807) is 11.8 Å². The molecule has 2 heteroatoms. The van der Waals surface area contributed by atoms with E-state index in [0.717, 1.165) is 12.0 Å². The Morgan fingerprint density at radius 1 is 1.19 bits per heavy atom. The molecule has 0 aromatic heterocycles. The van der Waals surface area contributed by atoms with Crippen molar-refractivity contribution in [1.82, 2.24) is 0 Å². The summed E-state index contributed by atoms with van der Waals surface area (Å²) >= 11 is 1.70. The van der Waals surface area contributed by atoms with Crippen molar-refractivity contribution in [3.8, 4) is 0 Å². The second kappa shape index (κ2) is 5.53. The molecule has 0 saturated heterocycles. The van der Waals surface area contributed by atoms with Gasteiger partial charge in [-0.2, -0.15) is 0 Å². The number of ketones is 1. The smallest absolute Gasteiger partial charge is 0.162 e. The minimum Gasteiger partial charge on any atom is -0.294 e. The van der Waals surface area contributed by atoms with E-state index < -0.39 is 0 Å². The van der Waals surface area contributed by atoms with Crippen LogP contribution in [-0.4, -0.2) is 12.0 Å². The van der Waals surface area contributed by atoms with Crippen LogP contribution in [0.5, 0.6) is 0 Å². The van der Waals surface area contributed by atoms with Crippen molar-refractivity contribution in [2.24, 2.45) is 5.41 Å². The van der Waals surface area contributed by atoms with E-state index in [2.05, 4.69) is 20.8 Å². The fourth-order valence-corrected chi connectivity index (χ4v) is 1.82. The van der Waals surface area contributed by atoms with Gasteiger partial charge in [-0.05, 0) is 30.2 Å². The van der Waals surface area contributed by atoms with Crippen LogP contribution >= 0.6 is 11.8 Å². The maximum absolute atomic E-state index is 11.9. The van der Waals surface area contributed by atoms with Crippen molar-refractivity contribution in [3.05, 3.63) is 29.8 Å². The molecule has 0 aliphatic rings. The van der Waals surface area contributed by atoms with Gasteiger partial charge in [0.15, 0.2) is 5.78 Å². The monoisotopic (exact) mass is 236 g/mol. The molecule has 1 rings (SSSR count). The summed E-state index contributed by atoms with van der Waals surface area (Å²) in [5.74, 6) is 0.252. The quantitative estimate of drug-likeness (QED) is 0.568. The molecule has 88 valence electrons. The molecule has 0 N–H and O–H groups in total. The highest BCUT2D eigenvalue weighted by atomic mass is 32.2. The zero-order chi connectivity index (χ0) is 12.2. The predicted molar refractivity (Wildman–Crippen MR) is 71.2 cm³/mol. The van der Waals surface area contributed by atoms with E-state index in [1.807, 2.05) is 30.5 Å². The lowest BCUT2D eigenvalue weighted by Gasteiger charge is -2.17. The Labute approximate surface area is 103 Å². The van der Waals surface area contributed by atoms with Crippen molar-refractivity contribution in [2.75, 3.05) is 6.26 Å². The van der Waals surface area contributed by atoms with Gasteiger partial charge in [0.05, 0.1) is 0 Å². The minimum atomic E-state index is 0.231. The fourth-order valence-electron chi connectivity index (χ4n) is 1.41. The van der Waals surface area contributed by atoms with Crippen LogP contribution in [0.15, 0.2) is 29.2 Å². The van der Waals surface area contributed by atoms with Gasteiger partial charge in [0.2, 0.25) is 0 Å². The third-order valence-corrected chi connectivity index (χ3v) is 3.26. The van der Waals surface area contributed by atoms with Crippen LogP contribution in [-0.2, 0) is 0 Å². The van der Waals surface area contributed by atoms with Crippen LogP contribution in [0.2, 0.25) is 0 Å². The molecule has 0 aliphatic heterocycles. The molecule has 0 heterocycles. The average molecular weight is 236 g/mol. The van der Waals surface area contributed by atoms with Gasteiger partial charge in [-0.3, -0.25) is 4.79 Å². The van der Waals surface area contributed by atoms with Crippen molar-refractivity contribution >= 4 is 17.5 Å². The largest absolute Gasteiger partial charge is 0.294 e. The maximum atomic E-state index is 11.9. The molecule has 1 aromatic rings. The van der Waals surface area contributed by atoms with Crippen molar-refractivity contribution in [1.29, 1.82) is 0 Å². The van der Waals surface area contributed by atoms with Crippen LogP contribution in [0, 0.1) is 5.41 Å². The molecule has 0 spiro atoms. The average Bonchev–Trinajstić information content (AvgIpc) is 2.25. The van der Waals surface area contributed by atoms with Gasteiger partial charge in [-0.1, -0.05) is 32.9 Å². The predicted octanol–water partition coefficient (Wildman–Crippen LogP) is 4.42. The number of benzene rings is 1. The fraction of sp³-hybridized carbons (Fsp3) is 0.500. The number of thioether (sulfide) groups is 1. The molecular weight excluding hydrogens is 216 g/mol. The number of Topliss-reactive ketones (excluding diaryl/α,β-unsaturated/α-hetero) is 1. The molecule has 0 aliphatic carbocycles. The third-order valence-electron chi connectivity index (χ3n) is 2.51. The molecule has 0 radical (unpaired) electrons. The molecule has 0 unspecified atom stereocenters. The van der Waals surface area contributed by atoms with E-state index in [4.69, 9.17) is 0 Å². The SMILES string of the molecule is CSc1ccc(C(=O)CCC(C)(C)C)cc1. The second-order valence-electron chi connectivity index (χ2n) is 5.21. The van der Waals surface area contributed by atoms with Gasteiger partial charge in [0, 0.05) is 16.9 Å². The van der Waals surface area contributed by atoms with Gasteiger partial charge in [-0.15, -0.1) is 11.8 Å². The standard InChI is InChI=1S/C14H20OS/c1-14(2,3)10-9-13(15)11-5-7-12(16-4)8-6-11/h5-8H,9-10H2,1-4H3. The minimum absolute atomic E-state index is 0.231. The molecule has 0 atom stereocenters. The second-order valence-corrected chi connectivity index (χ2v) is 6.09. The summed E-state index contributed by atoms with van der Waals surface area (Å²) in [6.45, 7) is 6.49. The molecule has 0 amide bonds. The van der Waals surface area contributed by atoms with Crippen molar-refractivity contribution < 1.29 is 4.79 Å². The highest BCUT2D eigenvalue weighted by Crippen LogP contribution is 2.22. The van der Waals surface area contributed by atoms with E-state index in [-0.39, 0.29) is 11.2 Å². The summed E-state index contributed by atoms with van der Waals surface area (Å²) in [6, 6.07) is 7.87. The molecule has 0 bridgehead atoms. The van der Waals surface area contributed by atoms with E-state index >= 15 is 0 Å². The molecule has 1 aromatic carbocycles. The number of carbonyl (C=O) groups is 1. The van der Waals surface area contributed by atoms with E-state index in [1.165, 1.54) is 4.90 Å². The Morgan fingerprint density at radius 2 is 1.75 bits per heavy atom. The first kappa shape index (κ1) is 13.3. The topological polar surface area (TPSA) is 17.1 Å². The Morgan fingerprint density at radius 3 is 2.19 bits per heavy atom. The number of carbonyl (C=O) groups excluding carboxylic acids is 1. The van der Waals surface area contributed by atoms with Gasteiger partial charge >= 0.3 is 0 Å². The van der Waals surface area contributed by atoms with Crippen molar-refractivity contribution in [2.45, 2.75) is 38.5 Å². The summed E-state index contributed by atoms with van der Waals surface area (Å²) in [5, 5.41) is 0. The summed E-state index contributed by atoms with van der Waals surface area (Å²) in [7, 11) is 0. The highest BCUT2D eigenvalue weighted by molar-refractivity contribution is 7.98. The molecular formula is C14H20OS. The summed E-state index contributed by atoms with van der Waals surface area (Å²) in [6.07, 6.45) is 3.62. The number of rotatable bonds is 4.